The molecule has 0 spiro atoms. The van der Waals surface area contributed by atoms with Gasteiger partial charge in [0.15, 0.2) is 0 Å². The Morgan fingerprint density at radius 2 is 1.88 bits per heavy atom. The maximum atomic E-state index is 13.1. The zero-order chi connectivity index (χ0) is 23.4. The van der Waals surface area contributed by atoms with Gasteiger partial charge in [-0.1, -0.05) is 24.3 Å². The summed E-state index contributed by atoms with van der Waals surface area (Å²) in [6, 6.07) is 14.2. The molecule has 1 aliphatic rings. The molecule has 3 aromatic rings. The molecule has 4 rings (SSSR count). The smallest absolute Gasteiger partial charge is 0.225 e. The Labute approximate surface area is 194 Å². The summed E-state index contributed by atoms with van der Waals surface area (Å²) in [5.41, 5.74) is 3.94. The summed E-state index contributed by atoms with van der Waals surface area (Å²) in [5.74, 6) is 1.45. The summed E-state index contributed by atoms with van der Waals surface area (Å²) >= 11 is 0. The van der Waals surface area contributed by atoms with Gasteiger partial charge in [0, 0.05) is 51.3 Å². The Bertz CT molecular complexity index is 1100. The highest BCUT2D eigenvalue weighted by Crippen LogP contribution is 2.35. The van der Waals surface area contributed by atoms with E-state index in [1.807, 2.05) is 54.4 Å². The minimum absolute atomic E-state index is 0.120. The number of halogens is 1. The van der Waals surface area contributed by atoms with Crippen LogP contribution in [0.1, 0.15) is 30.0 Å². The molecule has 1 unspecified atom stereocenters. The van der Waals surface area contributed by atoms with E-state index in [1.165, 1.54) is 12.1 Å². The van der Waals surface area contributed by atoms with Gasteiger partial charge < -0.3 is 14.5 Å². The molecule has 2 aromatic carbocycles. The van der Waals surface area contributed by atoms with E-state index in [-0.39, 0.29) is 17.6 Å². The minimum Gasteiger partial charge on any atom is -0.497 e. The molecule has 6 nitrogen and oxygen atoms in total. The van der Waals surface area contributed by atoms with E-state index in [0.717, 1.165) is 34.6 Å². The minimum atomic E-state index is -0.262. The average molecular weight is 449 g/mol. The molecule has 2 heterocycles. The van der Waals surface area contributed by atoms with Crippen molar-refractivity contribution in [1.82, 2.24) is 14.9 Å². The molecule has 33 heavy (non-hydrogen) atoms. The summed E-state index contributed by atoms with van der Waals surface area (Å²) in [7, 11) is 5.49. The molecule has 1 fully saturated rings. The Morgan fingerprint density at radius 3 is 2.55 bits per heavy atom. The van der Waals surface area contributed by atoms with Crippen LogP contribution in [0.5, 0.6) is 5.75 Å². The molecule has 1 amide bonds. The predicted molar refractivity (Wildman–Crippen MR) is 127 cm³/mol. The van der Waals surface area contributed by atoms with Crippen LogP contribution in [-0.2, 0) is 11.2 Å². The third-order valence-corrected chi connectivity index (χ3v) is 6.08. The zero-order valence-electron chi connectivity index (χ0n) is 19.3. The fourth-order valence-electron chi connectivity index (χ4n) is 4.18. The molecule has 172 valence electrons. The molecule has 0 saturated carbocycles. The van der Waals surface area contributed by atoms with Crippen LogP contribution in [0.2, 0.25) is 0 Å². The highest BCUT2D eigenvalue weighted by atomic mass is 19.1. The average Bonchev–Trinajstić information content (AvgIpc) is 3.33. The molecule has 0 N–H and O–H groups in total. The maximum absolute atomic E-state index is 13.1. The van der Waals surface area contributed by atoms with E-state index >= 15 is 0 Å². The van der Waals surface area contributed by atoms with Crippen LogP contribution in [0.3, 0.4) is 0 Å². The second kappa shape index (κ2) is 9.98. The van der Waals surface area contributed by atoms with Crippen LogP contribution in [-0.4, -0.2) is 55.1 Å². The van der Waals surface area contributed by atoms with Crippen molar-refractivity contribution < 1.29 is 13.9 Å². The van der Waals surface area contributed by atoms with Crippen LogP contribution < -0.4 is 9.64 Å². The van der Waals surface area contributed by atoms with Gasteiger partial charge in [0.25, 0.3) is 0 Å². The van der Waals surface area contributed by atoms with E-state index < -0.39 is 0 Å². The van der Waals surface area contributed by atoms with Gasteiger partial charge in [-0.25, -0.2) is 14.4 Å². The van der Waals surface area contributed by atoms with Crippen molar-refractivity contribution in [3.8, 4) is 16.9 Å². The van der Waals surface area contributed by atoms with Gasteiger partial charge in [-0.2, -0.15) is 0 Å². The number of rotatable bonds is 7. The number of carbonyl (C=O) groups is 1. The number of nitrogens with zero attached hydrogens (tertiary/aromatic N) is 4. The Balaban J connectivity index is 1.51. The summed E-state index contributed by atoms with van der Waals surface area (Å²) in [4.78, 5) is 26.1. The standard InChI is InChI=1S/C26H29FN4O2/c1-30(2)26-28-16-23(19-7-11-22(33-3)12-8-19)25(29-26)20-14-15-31(17-20)24(32)13-6-18-4-9-21(27)10-5-18/h4-5,7-12,16,20H,6,13-15,17H2,1-3H3. The van der Waals surface area contributed by atoms with Gasteiger partial charge >= 0.3 is 0 Å². The summed E-state index contributed by atoms with van der Waals surface area (Å²) in [5, 5.41) is 0. The van der Waals surface area contributed by atoms with Crippen molar-refractivity contribution in [2.24, 2.45) is 0 Å². The quantitative estimate of drug-likeness (QED) is 0.539. The number of hydrogen-bond acceptors (Lipinski definition) is 5. The Kier molecular flexibility index (Phi) is 6.87. The Hall–Kier alpha value is -3.48. The number of aromatic nitrogens is 2. The van der Waals surface area contributed by atoms with Crippen molar-refractivity contribution in [2.75, 3.05) is 39.2 Å². The molecule has 7 heteroatoms. The fraction of sp³-hybridized carbons (Fsp3) is 0.346. The molecule has 1 atom stereocenters. The first-order valence-corrected chi connectivity index (χ1v) is 11.2. The molecule has 1 saturated heterocycles. The lowest BCUT2D eigenvalue weighted by Crippen LogP contribution is -2.28. The van der Waals surface area contributed by atoms with Crippen LogP contribution >= 0.6 is 0 Å². The monoisotopic (exact) mass is 448 g/mol. The number of amides is 1. The second-order valence-electron chi connectivity index (χ2n) is 8.54. The molecular weight excluding hydrogens is 419 g/mol. The van der Waals surface area contributed by atoms with Crippen LogP contribution in [0.15, 0.2) is 54.7 Å². The van der Waals surface area contributed by atoms with E-state index in [0.29, 0.717) is 31.9 Å². The first-order valence-electron chi connectivity index (χ1n) is 11.2. The highest BCUT2D eigenvalue weighted by molar-refractivity contribution is 5.77. The zero-order valence-corrected chi connectivity index (χ0v) is 19.3. The lowest BCUT2D eigenvalue weighted by Gasteiger charge is -2.20. The van der Waals surface area contributed by atoms with Crippen molar-refractivity contribution in [1.29, 1.82) is 0 Å². The SMILES string of the molecule is COc1ccc(-c2cnc(N(C)C)nc2C2CCN(C(=O)CCc3ccc(F)cc3)C2)cc1. The summed E-state index contributed by atoms with van der Waals surface area (Å²) < 4.78 is 18.4. The summed E-state index contributed by atoms with van der Waals surface area (Å²) in [6.45, 7) is 1.34. The van der Waals surface area contributed by atoms with E-state index in [4.69, 9.17) is 9.72 Å². The van der Waals surface area contributed by atoms with E-state index in [2.05, 4.69) is 4.98 Å². The number of methoxy groups -OCH3 is 1. The molecule has 1 aliphatic heterocycles. The first kappa shape index (κ1) is 22.7. The molecule has 1 aromatic heterocycles. The number of anilines is 1. The molecule has 0 aliphatic carbocycles. The lowest BCUT2D eigenvalue weighted by atomic mass is 9.96. The van der Waals surface area contributed by atoms with Gasteiger partial charge in [-0.3, -0.25) is 4.79 Å². The predicted octanol–water partition coefficient (Wildman–Crippen LogP) is 4.31. The Morgan fingerprint density at radius 1 is 1.15 bits per heavy atom. The second-order valence-corrected chi connectivity index (χ2v) is 8.54. The van der Waals surface area contributed by atoms with Gasteiger partial charge in [0.1, 0.15) is 11.6 Å². The molecular formula is C26H29FN4O2. The van der Waals surface area contributed by atoms with Gasteiger partial charge in [0.05, 0.1) is 12.8 Å². The van der Waals surface area contributed by atoms with Crippen LogP contribution in [0.4, 0.5) is 10.3 Å². The third kappa shape index (κ3) is 5.30. The van der Waals surface area contributed by atoms with Crippen LogP contribution in [0.25, 0.3) is 11.1 Å². The number of hydrogen-bond donors (Lipinski definition) is 0. The normalized spacial score (nSPS) is 15.5. The van der Waals surface area contributed by atoms with Crippen molar-refractivity contribution in [3.63, 3.8) is 0 Å². The van der Waals surface area contributed by atoms with Crippen molar-refractivity contribution in [2.45, 2.75) is 25.2 Å². The number of carbonyl (C=O) groups excluding carboxylic acids is 1. The third-order valence-electron chi connectivity index (χ3n) is 6.08. The van der Waals surface area contributed by atoms with Crippen LogP contribution in [0, 0.1) is 5.82 Å². The topological polar surface area (TPSA) is 58.6 Å². The molecule has 0 radical (unpaired) electrons. The van der Waals surface area contributed by atoms with Crippen molar-refractivity contribution >= 4 is 11.9 Å². The van der Waals surface area contributed by atoms with E-state index in [1.54, 1.807) is 19.2 Å². The number of benzene rings is 2. The number of aryl methyl sites for hydroxylation is 1. The molecule has 0 bridgehead atoms. The fourth-order valence-corrected chi connectivity index (χ4v) is 4.18. The first-order chi connectivity index (χ1) is 15.9. The number of ether oxygens (including phenoxy) is 1. The highest BCUT2D eigenvalue weighted by Gasteiger charge is 2.30. The van der Waals surface area contributed by atoms with Crippen molar-refractivity contribution in [3.05, 3.63) is 71.8 Å². The summed E-state index contributed by atoms with van der Waals surface area (Å²) in [6.07, 6.45) is 3.75. The van der Waals surface area contributed by atoms with E-state index in [9.17, 15) is 9.18 Å². The lowest BCUT2D eigenvalue weighted by molar-refractivity contribution is -0.130. The maximum Gasteiger partial charge on any atom is 0.225 e. The largest absolute Gasteiger partial charge is 0.497 e. The van der Waals surface area contributed by atoms with Gasteiger partial charge in [-0.05, 0) is 48.2 Å². The number of likely N-dealkylation sites (tertiary alicyclic amines) is 1. The van der Waals surface area contributed by atoms with Gasteiger partial charge in [-0.15, -0.1) is 0 Å². The van der Waals surface area contributed by atoms with Gasteiger partial charge in [0.2, 0.25) is 11.9 Å².